The van der Waals surface area contributed by atoms with Crippen LogP contribution in [0.2, 0.25) is 0 Å². The van der Waals surface area contributed by atoms with Crippen molar-refractivity contribution in [3.05, 3.63) is 41.5 Å². The first-order valence-corrected chi connectivity index (χ1v) is 5.52. The summed E-state index contributed by atoms with van der Waals surface area (Å²) in [6.45, 7) is 2.49. The molecule has 1 aliphatic rings. The Kier molecular flexibility index (Phi) is 2.21. The fraction of sp³-hybridized carbons (Fsp3) is 0.231. The zero-order valence-electron chi connectivity index (χ0n) is 9.51. The molecule has 1 aromatic heterocycles. The predicted octanol–water partition coefficient (Wildman–Crippen LogP) is 1.81. The maximum Gasteiger partial charge on any atom is 0.151 e. The van der Waals surface area contributed by atoms with Gasteiger partial charge < -0.3 is 9.53 Å². The highest BCUT2D eigenvalue weighted by molar-refractivity contribution is 5.55. The molecule has 0 unspecified atom stereocenters. The fourth-order valence-corrected chi connectivity index (χ4v) is 2.04. The van der Waals surface area contributed by atoms with Gasteiger partial charge in [-0.1, -0.05) is 6.07 Å². The van der Waals surface area contributed by atoms with Crippen molar-refractivity contribution in [2.75, 3.05) is 0 Å². The van der Waals surface area contributed by atoms with Crippen molar-refractivity contribution >= 4 is 6.29 Å². The Morgan fingerprint density at radius 1 is 1.53 bits per heavy atom. The summed E-state index contributed by atoms with van der Waals surface area (Å²) < 4.78 is 7.65. The number of rotatable bonds is 2. The Morgan fingerprint density at radius 3 is 3.24 bits per heavy atom. The Morgan fingerprint density at radius 2 is 2.41 bits per heavy atom. The van der Waals surface area contributed by atoms with E-state index in [-0.39, 0.29) is 0 Å². The SMILES string of the molecule is Cc1ccc2c(c1)OCc1nc(CC=O)cn1-2. The summed E-state index contributed by atoms with van der Waals surface area (Å²) in [5.74, 6) is 1.71. The van der Waals surface area contributed by atoms with Crippen LogP contribution in [0.5, 0.6) is 5.75 Å². The van der Waals surface area contributed by atoms with E-state index in [9.17, 15) is 4.79 Å². The first-order valence-electron chi connectivity index (χ1n) is 5.52. The van der Waals surface area contributed by atoms with Gasteiger partial charge in [-0.25, -0.2) is 4.98 Å². The Bertz CT molecular complexity index is 587. The molecular weight excluding hydrogens is 216 g/mol. The molecule has 0 N–H and O–H groups in total. The summed E-state index contributed by atoms with van der Waals surface area (Å²) in [6, 6.07) is 6.06. The lowest BCUT2D eigenvalue weighted by Crippen LogP contribution is -2.12. The third-order valence-electron chi connectivity index (χ3n) is 2.85. The molecule has 0 saturated carbocycles. The van der Waals surface area contributed by atoms with E-state index >= 15 is 0 Å². The maximum atomic E-state index is 10.5. The number of aryl methyl sites for hydroxylation is 1. The van der Waals surface area contributed by atoms with Crippen LogP contribution >= 0.6 is 0 Å². The number of fused-ring (bicyclic) bond motifs is 3. The monoisotopic (exact) mass is 228 g/mol. The smallest absolute Gasteiger partial charge is 0.151 e. The molecule has 0 saturated heterocycles. The van der Waals surface area contributed by atoms with Crippen molar-refractivity contribution in [2.24, 2.45) is 0 Å². The molecule has 0 atom stereocenters. The van der Waals surface area contributed by atoms with Crippen molar-refractivity contribution in [2.45, 2.75) is 20.0 Å². The van der Waals surface area contributed by atoms with Crippen molar-refractivity contribution in [1.29, 1.82) is 0 Å². The molecule has 0 radical (unpaired) electrons. The zero-order valence-corrected chi connectivity index (χ0v) is 9.51. The van der Waals surface area contributed by atoms with E-state index in [1.165, 1.54) is 5.56 Å². The first kappa shape index (κ1) is 10.1. The van der Waals surface area contributed by atoms with Gasteiger partial charge in [-0.2, -0.15) is 0 Å². The Balaban J connectivity index is 2.12. The Hall–Kier alpha value is -2.10. The molecule has 17 heavy (non-hydrogen) atoms. The third kappa shape index (κ3) is 1.62. The topological polar surface area (TPSA) is 44.1 Å². The molecule has 0 bridgehead atoms. The van der Waals surface area contributed by atoms with Crippen molar-refractivity contribution in [3.8, 4) is 11.4 Å². The summed E-state index contributed by atoms with van der Waals surface area (Å²) in [5.41, 5.74) is 2.94. The molecule has 4 heteroatoms. The molecule has 86 valence electrons. The van der Waals surface area contributed by atoms with Crippen LogP contribution in [-0.2, 0) is 17.8 Å². The second kappa shape index (κ2) is 3.73. The van der Waals surface area contributed by atoms with Gasteiger partial charge in [0.2, 0.25) is 0 Å². The summed E-state index contributed by atoms with van der Waals surface area (Å²) in [5, 5.41) is 0. The Labute approximate surface area is 98.9 Å². The summed E-state index contributed by atoms with van der Waals surface area (Å²) in [4.78, 5) is 14.9. The number of hydrogen-bond acceptors (Lipinski definition) is 3. The number of imidazole rings is 1. The zero-order chi connectivity index (χ0) is 11.8. The summed E-state index contributed by atoms with van der Waals surface area (Å²) >= 11 is 0. The van der Waals surface area contributed by atoms with Crippen LogP contribution in [0, 0.1) is 6.92 Å². The van der Waals surface area contributed by atoms with E-state index in [2.05, 4.69) is 4.98 Å². The highest BCUT2D eigenvalue weighted by Crippen LogP contribution is 2.30. The minimum absolute atomic E-state index is 0.348. The highest BCUT2D eigenvalue weighted by atomic mass is 16.5. The largest absolute Gasteiger partial charge is 0.483 e. The number of aldehydes is 1. The molecule has 0 amide bonds. The van der Waals surface area contributed by atoms with E-state index < -0.39 is 0 Å². The second-order valence-electron chi connectivity index (χ2n) is 4.15. The van der Waals surface area contributed by atoms with Gasteiger partial charge in [0, 0.05) is 12.6 Å². The molecular formula is C13H12N2O2. The van der Waals surface area contributed by atoms with Crippen molar-refractivity contribution < 1.29 is 9.53 Å². The van der Waals surface area contributed by atoms with Gasteiger partial charge in [0.25, 0.3) is 0 Å². The van der Waals surface area contributed by atoms with E-state index in [0.717, 1.165) is 29.2 Å². The third-order valence-corrected chi connectivity index (χ3v) is 2.85. The average molecular weight is 228 g/mol. The highest BCUT2D eigenvalue weighted by Gasteiger charge is 2.18. The van der Waals surface area contributed by atoms with Gasteiger partial charge in [-0.05, 0) is 24.6 Å². The van der Waals surface area contributed by atoms with Crippen LogP contribution in [0.3, 0.4) is 0 Å². The van der Waals surface area contributed by atoms with Gasteiger partial charge >= 0.3 is 0 Å². The summed E-state index contributed by atoms with van der Waals surface area (Å²) in [6.07, 6.45) is 3.12. The minimum Gasteiger partial charge on any atom is -0.483 e. The summed E-state index contributed by atoms with van der Waals surface area (Å²) in [7, 11) is 0. The van der Waals surface area contributed by atoms with Gasteiger partial charge in [-0.15, -0.1) is 0 Å². The van der Waals surface area contributed by atoms with Crippen molar-refractivity contribution in [3.63, 3.8) is 0 Å². The van der Waals surface area contributed by atoms with Gasteiger partial charge in [0.1, 0.15) is 18.6 Å². The van der Waals surface area contributed by atoms with Crippen LogP contribution in [0.25, 0.3) is 5.69 Å². The van der Waals surface area contributed by atoms with E-state index in [1.807, 2.05) is 35.9 Å². The van der Waals surface area contributed by atoms with E-state index in [4.69, 9.17) is 4.74 Å². The lowest BCUT2D eigenvalue weighted by molar-refractivity contribution is -0.107. The van der Waals surface area contributed by atoms with Crippen molar-refractivity contribution in [1.82, 2.24) is 9.55 Å². The van der Waals surface area contributed by atoms with E-state index in [1.54, 1.807) is 0 Å². The van der Waals surface area contributed by atoms with Crippen LogP contribution in [-0.4, -0.2) is 15.8 Å². The van der Waals surface area contributed by atoms with Gasteiger partial charge in [0.05, 0.1) is 11.4 Å². The molecule has 0 aliphatic carbocycles. The van der Waals surface area contributed by atoms with Gasteiger partial charge in [-0.3, -0.25) is 4.57 Å². The predicted molar refractivity (Wildman–Crippen MR) is 62.4 cm³/mol. The quantitative estimate of drug-likeness (QED) is 0.736. The molecule has 4 nitrogen and oxygen atoms in total. The molecule has 1 aromatic carbocycles. The van der Waals surface area contributed by atoms with E-state index in [0.29, 0.717) is 13.0 Å². The number of nitrogens with zero attached hydrogens (tertiary/aromatic N) is 2. The number of aromatic nitrogens is 2. The standard InChI is InChI=1S/C13H12N2O2/c1-9-2-3-11-12(6-9)17-8-13-14-10(4-5-16)7-15(11)13/h2-3,5-7H,4,8H2,1H3. The number of benzene rings is 1. The molecule has 0 fully saturated rings. The van der Waals surface area contributed by atoms with Crippen LogP contribution in [0.4, 0.5) is 0 Å². The molecule has 0 spiro atoms. The average Bonchev–Trinajstić information content (AvgIpc) is 2.72. The van der Waals surface area contributed by atoms with Crippen LogP contribution in [0.15, 0.2) is 24.4 Å². The van der Waals surface area contributed by atoms with Gasteiger partial charge in [0.15, 0.2) is 5.82 Å². The maximum absolute atomic E-state index is 10.5. The molecule has 2 aromatic rings. The number of carbonyl (C=O) groups is 1. The lowest BCUT2D eigenvalue weighted by atomic mass is 10.2. The first-order chi connectivity index (χ1) is 8.28. The second-order valence-corrected chi connectivity index (χ2v) is 4.15. The number of hydrogen-bond donors (Lipinski definition) is 0. The molecule has 3 rings (SSSR count). The number of carbonyl (C=O) groups excluding carboxylic acids is 1. The normalized spacial score (nSPS) is 12.5. The molecule has 1 aliphatic heterocycles. The number of ether oxygens (including phenoxy) is 1. The molecule has 2 heterocycles. The van der Waals surface area contributed by atoms with Crippen LogP contribution in [0.1, 0.15) is 17.1 Å². The fourth-order valence-electron chi connectivity index (χ4n) is 2.04. The lowest BCUT2D eigenvalue weighted by Gasteiger charge is -2.19. The minimum atomic E-state index is 0.348. The van der Waals surface area contributed by atoms with Crippen LogP contribution < -0.4 is 4.74 Å².